The predicted octanol–water partition coefficient (Wildman–Crippen LogP) is 1.74. The number of halogens is 1. The molecule has 32 heavy (non-hydrogen) atoms. The van der Waals surface area contributed by atoms with Gasteiger partial charge in [-0.1, -0.05) is 0 Å². The number of carbonyl (C=O) groups excluding carboxylic acids is 1. The third-order valence-electron chi connectivity index (χ3n) is 4.71. The molecule has 0 saturated carbocycles. The summed E-state index contributed by atoms with van der Waals surface area (Å²) in [6, 6.07) is 13.1. The summed E-state index contributed by atoms with van der Waals surface area (Å²) in [6.07, 6.45) is 0.670. The molecular formula is C21H21FN6O3S. The van der Waals surface area contributed by atoms with E-state index in [1.807, 2.05) is 6.07 Å². The standard InChI is InChI=1S/C21H21FN6O3S/c1-25-21(29)14-4-10-17(11-5-14)32(30,31)26-12-2-3-19-18(13-23)20(24)28(27-19)16-8-6-15(22)7-9-16/h4-11,26H,2-3,12,24H2,1H3,(H,25,29). The van der Waals surface area contributed by atoms with E-state index in [0.717, 1.165) is 0 Å². The number of carbonyl (C=O) groups is 1. The van der Waals surface area contributed by atoms with Crippen LogP contribution in [0.5, 0.6) is 0 Å². The molecule has 3 aromatic rings. The van der Waals surface area contributed by atoms with Crippen LogP contribution in [-0.2, 0) is 16.4 Å². The number of nitrogens with one attached hydrogen (secondary N) is 2. The molecule has 0 saturated heterocycles. The smallest absolute Gasteiger partial charge is 0.251 e. The summed E-state index contributed by atoms with van der Waals surface area (Å²) in [6.45, 7) is 0.105. The second kappa shape index (κ2) is 9.59. The molecule has 0 aliphatic heterocycles. The van der Waals surface area contributed by atoms with Crippen LogP contribution >= 0.6 is 0 Å². The summed E-state index contributed by atoms with van der Waals surface area (Å²) in [5, 5.41) is 16.2. The lowest BCUT2D eigenvalue weighted by atomic mass is 10.1. The molecule has 1 amide bonds. The number of benzene rings is 2. The number of sulfonamides is 1. The zero-order valence-electron chi connectivity index (χ0n) is 17.2. The number of hydrogen-bond acceptors (Lipinski definition) is 6. The minimum absolute atomic E-state index is 0.0349. The molecule has 166 valence electrons. The van der Waals surface area contributed by atoms with Crippen molar-refractivity contribution < 1.29 is 17.6 Å². The van der Waals surface area contributed by atoms with Gasteiger partial charge in [0.2, 0.25) is 10.0 Å². The maximum absolute atomic E-state index is 13.2. The third-order valence-corrected chi connectivity index (χ3v) is 6.19. The number of nitrogens with zero attached hydrogens (tertiary/aromatic N) is 3. The van der Waals surface area contributed by atoms with E-state index in [9.17, 15) is 22.9 Å². The van der Waals surface area contributed by atoms with Crippen molar-refractivity contribution in [2.75, 3.05) is 19.3 Å². The van der Waals surface area contributed by atoms with Gasteiger partial charge in [0.25, 0.3) is 5.91 Å². The van der Waals surface area contributed by atoms with E-state index in [2.05, 4.69) is 15.1 Å². The van der Waals surface area contributed by atoms with E-state index in [1.165, 1.54) is 60.3 Å². The first-order valence-corrected chi connectivity index (χ1v) is 11.1. The highest BCUT2D eigenvalue weighted by Gasteiger charge is 2.18. The molecule has 0 spiro atoms. The lowest BCUT2D eigenvalue weighted by Gasteiger charge is -2.07. The topological polar surface area (TPSA) is 143 Å². The molecule has 0 unspecified atom stereocenters. The van der Waals surface area contributed by atoms with Gasteiger partial charge in [0.1, 0.15) is 23.3 Å². The molecule has 4 N–H and O–H groups in total. The van der Waals surface area contributed by atoms with Gasteiger partial charge in [0.15, 0.2) is 0 Å². The van der Waals surface area contributed by atoms with Gasteiger partial charge in [0.05, 0.1) is 16.3 Å². The SMILES string of the molecule is CNC(=O)c1ccc(S(=O)(=O)NCCCc2nn(-c3ccc(F)cc3)c(N)c2C#N)cc1. The molecule has 0 aliphatic rings. The van der Waals surface area contributed by atoms with Crippen LogP contribution in [0.2, 0.25) is 0 Å². The summed E-state index contributed by atoms with van der Waals surface area (Å²) in [4.78, 5) is 11.6. The molecule has 0 atom stereocenters. The number of amides is 1. The van der Waals surface area contributed by atoms with Gasteiger partial charge in [-0.3, -0.25) is 4.79 Å². The van der Waals surface area contributed by atoms with Crippen molar-refractivity contribution in [3.05, 3.63) is 71.2 Å². The largest absolute Gasteiger partial charge is 0.382 e. The van der Waals surface area contributed by atoms with Gasteiger partial charge in [-0.15, -0.1) is 0 Å². The van der Waals surface area contributed by atoms with Gasteiger partial charge >= 0.3 is 0 Å². The summed E-state index contributed by atoms with van der Waals surface area (Å²) >= 11 is 0. The first-order valence-electron chi connectivity index (χ1n) is 9.62. The van der Waals surface area contributed by atoms with Gasteiger partial charge in [0, 0.05) is 19.2 Å². The number of hydrogen-bond donors (Lipinski definition) is 3. The average Bonchev–Trinajstić information content (AvgIpc) is 3.12. The summed E-state index contributed by atoms with van der Waals surface area (Å²) in [5.41, 5.74) is 7.50. The summed E-state index contributed by atoms with van der Waals surface area (Å²) < 4.78 is 41.9. The van der Waals surface area contributed by atoms with Crippen molar-refractivity contribution >= 4 is 21.7 Å². The predicted molar refractivity (Wildman–Crippen MR) is 116 cm³/mol. The summed E-state index contributed by atoms with van der Waals surface area (Å²) in [7, 11) is -2.27. The Kier molecular flexibility index (Phi) is 6.87. The maximum atomic E-state index is 13.2. The first kappa shape index (κ1) is 22.9. The molecule has 3 rings (SSSR count). The van der Waals surface area contributed by atoms with Crippen LogP contribution in [0.3, 0.4) is 0 Å². The Bertz CT molecular complexity index is 1260. The van der Waals surface area contributed by atoms with E-state index in [0.29, 0.717) is 29.8 Å². The van der Waals surface area contributed by atoms with Crippen molar-refractivity contribution in [1.82, 2.24) is 19.8 Å². The molecule has 9 nitrogen and oxygen atoms in total. The van der Waals surface area contributed by atoms with E-state index >= 15 is 0 Å². The Morgan fingerprint density at radius 3 is 2.44 bits per heavy atom. The van der Waals surface area contributed by atoms with E-state index in [1.54, 1.807) is 0 Å². The second-order valence-corrected chi connectivity index (χ2v) is 8.58. The fourth-order valence-corrected chi connectivity index (χ4v) is 4.10. The highest BCUT2D eigenvalue weighted by molar-refractivity contribution is 7.89. The average molecular weight is 457 g/mol. The lowest BCUT2D eigenvalue weighted by Crippen LogP contribution is -2.25. The highest BCUT2D eigenvalue weighted by atomic mass is 32.2. The van der Waals surface area contributed by atoms with E-state index < -0.39 is 15.8 Å². The number of nitriles is 1. The van der Waals surface area contributed by atoms with E-state index in [-0.39, 0.29) is 28.7 Å². The molecule has 0 aliphatic carbocycles. The maximum Gasteiger partial charge on any atom is 0.251 e. The number of anilines is 1. The Hall–Kier alpha value is -3.75. The van der Waals surface area contributed by atoms with Crippen molar-refractivity contribution in [3.63, 3.8) is 0 Å². The van der Waals surface area contributed by atoms with Crippen molar-refractivity contribution in [1.29, 1.82) is 5.26 Å². The van der Waals surface area contributed by atoms with Gasteiger partial charge < -0.3 is 11.1 Å². The van der Waals surface area contributed by atoms with E-state index in [4.69, 9.17) is 5.73 Å². The molecular weight excluding hydrogens is 435 g/mol. The fourth-order valence-electron chi connectivity index (χ4n) is 3.03. The van der Waals surface area contributed by atoms with Crippen molar-refractivity contribution in [3.8, 4) is 11.8 Å². The Labute approximate surface area is 184 Å². The highest BCUT2D eigenvalue weighted by Crippen LogP contribution is 2.22. The Balaban J connectivity index is 1.65. The Morgan fingerprint density at radius 2 is 1.84 bits per heavy atom. The van der Waals surface area contributed by atoms with Crippen LogP contribution in [0.15, 0.2) is 53.4 Å². The molecule has 1 aromatic heterocycles. The zero-order valence-corrected chi connectivity index (χ0v) is 18.0. The second-order valence-electron chi connectivity index (χ2n) is 6.81. The molecule has 2 aromatic carbocycles. The molecule has 0 bridgehead atoms. The van der Waals surface area contributed by atoms with Crippen LogP contribution in [0.25, 0.3) is 5.69 Å². The number of nitrogens with two attached hydrogens (primary N) is 1. The minimum atomic E-state index is -3.76. The number of nitrogen functional groups attached to an aromatic ring is 1. The summed E-state index contributed by atoms with van der Waals surface area (Å²) in [5.74, 6) is -0.587. The first-order chi connectivity index (χ1) is 15.3. The number of aromatic nitrogens is 2. The van der Waals surface area contributed by atoms with Crippen molar-refractivity contribution in [2.45, 2.75) is 17.7 Å². The zero-order chi connectivity index (χ0) is 23.3. The van der Waals surface area contributed by atoms with Crippen molar-refractivity contribution in [2.24, 2.45) is 0 Å². The normalized spacial score (nSPS) is 11.2. The van der Waals surface area contributed by atoms with Gasteiger partial charge in [-0.25, -0.2) is 22.2 Å². The molecule has 11 heteroatoms. The molecule has 0 radical (unpaired) electrons. The Morgan fingerprint density at radius 1 is 1.19 bits per heavy atom. The van der Waals surface area contributed by atoms with Crippen LogP contribution in [0.1, 0.15) is 28.0 Å². The monoisotopic (exact) mass is 456 g/mol. The van der Waals surface area contributed by atoms with Gasteiger partial charge in [-0.05, 0) is 61.4 Å². The molecule has 0 fully saturated rings. The minimum Gasteiger partial charge on any atom is -0.382 e. The lowest BCUT2D eigenvalue weighted by molar-refractivity contribution is 0.0963. The van der Waals surface area contributed by atoms with Gasteiger partial charge in [-0.2, -0.15) is 10.4 Å². The van der Waals surface area contributed by atoms with Crippen LogP contribution in [-0.4, -0.2) is 37.7 Å². The fraction of sp³-hybridized carbons (Fsp3) is 0.190. The number of aryl methyl sites for hydroxylation is 1. The molecule has 1 heterocycles. The van der Waals surface area contributed by atoms with Crippen LogP contribution in [0, 0.1) is 17.1 Å². The van der Waals surface area contributed by atoms with Crippen LogP contribution < -0.4 is 15.8 Å². The quantitative estimate of drug-likeness (QED) is 0.441. The third kappa shape index (κ3) is 4.93. The van der Waals surface area contributed by atoms with Crippen LogP contribution in [0.4, 0.5) is 10.2 Å². The number of rotatable bonds is 8.